The number of nitrogens with one attached hydrogen (secondary N) is 2. The van der Waals surface area contributed by atoms with Gasteiger partial charge < -0.3 is 21.1 Å². The fraction of sp³-hybridized carbons (Fsp3) is 0.667. The number of methoxy groups -OCH3 is 1. The minimum Gasteiger partial charge on any atom is -0.492 e. The summed E-state index contributed by atoms with van der Waals surface area (Å²) in [7, 11) is 1.60. The van der Waals surface area contributed by atoms with E-state index in [1.54, 1.807) is 7.11 Å². The first kappa shape index (κ1) is 14.5. The van der Waals surface area contributed by atoms with E-state index in [4.69, 9.17) is 10.5 Å². The number of nitrogen functional groups attached to an aromatic ring is 1. The number of anilines is 2. The lowest BCUT2D eigenvalue weighted by atomic mass is 10.0. The van der Waals surface area contributed by atoms with Crippen LogP contribution in [0.4, 0.5) is 10.7 Å². The number of amides is 1. The molecule has 3 rings (SSSR count). The number of thiophene rings is 1. The molecule has 6 heteroatoms. The summed E-state index contributed by atoms with van der Waals surface area (Å²) in [4.78, 5) is 12.8. The lowest BCUT2D eigenvalue weighted by Gasteiger charge is -2.14. The van der Waals surface area contributed by atoms with Crippen LogP contribution in [0.2, 0.25) is 0 Å². The lowest BCUT2D eigenvalue weighted by Crippen LogP contribution is -2.25. The smallest absolute Gasteiger partial charge is 0.263 e. The molecule has 1 heterocycles. The van der Waals surface area contributed by atoms with Gasteiger partial charge in [0, 0.05) is 12.6 Å². The predicted molar refractivity (Wildman–Crippen MR) is 86.2 cm³/mol. The van der Waals surface area contributed by atoms with Gasteiger partial charge in [-0.2, -0.15) is 0 Å². The molecule has 2 aliphatic rings. The van der Waals surface area contributed by atoms with Gasteiger partial charge in [-0.15, -0.1) is 11.3 Å². The first-order chi connectivity index (χ1) is 10.1. The van der Waals surface area contributed by atoms with Crippen molar-refractivity contribution >= 4 is 27.9 Å². The van der Waals surface area contributed by atoms with Crippen LogP contribution in [0.3, 0.4) is 0 Å². The molecular formula is C15H23N3O2S. The molecule has 0 aliphatic heterocycles. The van der Waals surface area contributed by atoms with Crippen molar-refractivity contribution in [1.29, 1.82) is 0 Å². The van der Waals surface area contributed by atoms with Crippen LogP contribution in [0.5, 0.6) is 5.75 Å². The van der Waals surface area contributed by atoms with Crippen LogP contribution in [0.25, 0.3) is 0 Å². The average Bonchev–Trinajstić information content (AvgIpc) is 3.38. The SMILES string of the molecule is CCC1(CNc2sc(C(=O)NC3CC3)c(N)c2OC)CC1. The molecule has 2 fully saturated rings. The second-order valence-electron chi connectivity index (χ2n) is 6.16. The average molecular weight is 309 g/mol. The Morgan fingerprint density at radius 2 is 2.19 bits per heavy atom. The zero-order valence-electron chi connectivity index (χ0n) is 12.6. The molecular weight excluding hydrogens is 286 g/mol. The molecule has 1 aromatic heterocycles. The summed E-state index contributed by atoms with van der Waals surface area (Å²) >= 11 is 1.39. The summed E-state index contributed by atoms with van der Waals surface area (Å²) in [5.41, 5.74) is 6.96. The van der Waals surface area contributed by atoms with E-state index in [0.29, 0.717) is 27.8 Å². The van der Waals surface area contributed by atoms with Crippen molar-refractivity contribution in [3.05, 3.63) is 4.88 Å². The van der Waals surface area contributed by atoms with E-state index in [2.05, 4.69) is 17.6 Å². The van der Waals surface area contributed by atoms with E-state index in [9.17, 15) is 4.79 Å². The molecule has 1 amide bonds. The molecule has 0 radical (unpaired) electrons. The van der Waals surface area contributed by atoms with Gasteiger partial charge in [-0.1, -0.05) is 6.92 Å². The third kappa shape index (κ3) is 2.95. The zero-order valence-corrected chi connectivity index (χ0v) is 13.4. The highest BCUT2D eigenvalue weighted by Gasteiger charge is 2.40. The maximum Gasteiger partial charge on any atom is 0.263 e. The fourth-order valence-corrected chi connectivity index (χ4v) is 3.48. The van der Waals surface area contributed by atoms with Gasteiger partial charge in [0.25, 0.3) is 5.91 Å². The quantitative estimate of drug-likeness (QED) is 0.724. The van der Waals surface area contributed by atoms with Crippen LogP contribution in [0, 0.1) is 5.41 Å². The van der Waals surface area contributed by atoms with E-state index >= 15 is 0 Å². The summed E-state index contributed by atoms with van der Waals surface area (Å²) in [5.74, 6) is 0.524. The maximum absolute atomic E-state index is 12.2. The molecule has 4 N–H and O–H groups in total. The number of hydrogen-bond donors (Lipinski definition) is 3. The van der Waals surface area contributed by atoms with E-state index in [1.807, 2.05) is 0 Å². The Kier molecular flexibility index (Phi) is 3.73. The number of carbonyl (C=O) groups excluding carboxylic acids is 1. The molecule has 5 nitrogen and oxygen atoms in total. The molecule has 2 aliphatic carbocycles. The molecule has 1 aromatic rings. The number of hydrogen-bond acceptors (Lipinski definition) is 5. The first-order valence-corrected chi connectivity index (χ1v) is 8.41. The Morgan fingerprint density at radius 3 is 2.71 bits per heavy atom. The van der Waals surface area contributed by atoms with Gasteiger partial charge >= 0.3 is 0 Å². The standard InChI is InChI=1S/C15H23N3O2S/c1-3-15(6-7-15)8-17-14-11(20-2)10(16)12(21-14)13(19)18-9-4-5-9/h9,17H,3-8,16H2,1-2H3,(H,18,19). The molecule has 0 saturated heterocycles. The Bertz CT molecular complexity index is 547. The second kappa shape index (κ2) is 5.40. The van der Waals surface area contributed by atoms with Crippen LogP contribution in [-0.2, 0) is 0 Å². The third-order valence-electron chi connectivity index (χ3n) is 4.55. The first-order valence-electron chi connectivity index (χ1n) is 7.59. The summed E-state index contributed by atoms with van der Waals surface area (Å²) in [6, 6.07) is 0.330. The number of nitrogens with two attached hydrogens (primary N) is 1. The van der Waals surface area contributed by atoms with Crippen molar-refractivity contribution in [3.8, 4) is 5.75 Å². The molecule has 116 valence electrons. The molecule has 0 unspecified atom stereocenters. The van der Waals surface area contributed by atoms with Gasteiger partial charge in [-0.3, -0.25) is 4.79 Å². The Balaban J connectivity index is 1.74. The molecule has 21 heavy (non-hydrogen) atoms. The highest BCUT2D eigenvalue weighted by Crippen LogP contribution is 2.50. The third-order valence-corrected chi connectivity index (χ3v) is 5.70. The largest absolute Gasteiger partial charge is 0.492 e. The van der Waals surface area contributed by atoms with E-state index in [1.165, 1.54) is 30.6 Å². The summed E-state index contributed by atoms with van der Waals surface area (Å²) in [5, 5.41) is 7.29. The molecule has 2 saturated carbocycles. The highest BCUT2D eigenvalue weighted by atomic mass is 32.1. The molecule has 0 aromatic carbocycles. The summed E-state index contributed by atoms with van der Waals surface area (Å²) < 4.78 is 5.39. The topological polar surface area (TPSA) is 76.4 Å². The van der Waals surface area contributed by atoms with E-state index in [-0.39, 0.29) is 5.91 Å². The summed E-state index contributed by atoms with van der Waals surface area (Å²) in [6.07, 6.45) is 5.86. The van der Waals surface area contributed by atoms with Gasteiger partial charge in [-0.25, -0.2) is 0 Å². The van der Waals surface area contributed by atoms with Gasteiger partial charge in [0.05, 0.1) is 7.11 Å². The van der Waals surface area contributed by atoms with Crippen molar-refractivity contribution in [2.75, 3.05) is 24.7 Å². The Morgan fingerprint density at radius 1 is 1.48 bits per heavy atom. The van der Waals surface area contributed by atoms with Crippen molar-refractivity contribution in [2.45, 2.75) is 45.1 Å². The van der Waals surface area contributed by atoms with Crippen LogP contribution < -0.4 is 21.1 Å². The Hall–Kier alpha value is -1.43. The van der Waals surface area contributed by atoms with Gasteiger partial charge in [0.1, 0.15) is 15.6 Å². The molecule has 0 spiro atoms. The normalized spacial score (nSPS) is 19.1. The number of ether oxygens (including phenoxy) is 1. The molecule has 0 atom stereocenters. The predicted octanol–water partition coefficient (Wildman–Crippen LogP) is 2.83. The van der Waals surface area contributed by atoms with Crippen molar-refractivity contribution in [3.63, 3.8) is 0 Å². The van der Waals surface area contributed by atoms with Gasteiger partial charge in [0.15, 0.2) is 5.75 Å². The lowest BCUT2D eigenvalue weighted by molar-refractivity contribution is 0.0956. The van der Waals surface area contributed by atoms with E-state index in [0.717, 1.165) is 24.4 Å². The monoisotopic (exact) mass is 309 g/mol. The minimum absolute atomic E-state index is 0.0806. The van der Waals surface area contributed by atoms with Crippen molar-refractivity contribution in [1.82, 2.24) is 5.32 Å². The summed E-state index contributed by atoms with van der Waals surface area (Å²) in [6.45, 7) is 3.15. The van der Waals surface area contributed by atoms with Crippen molar-refractivity contribution in [2.24, 2.45) is 5.41 Å². The minimum atomic E-state index is -0.0806. The van der Waals surface area contributed by atoms with Crippen LogP contribution in [0.15, 0.2) is 0 Å². The number of carbonyl (C=O) groups is 1. The Labute approximate surface area is 129 Å². The molecule has 0 bridgehead atoms. The maximum atomic E-state index is 12.2. The van der Waals surface area contributed by atoms with Crippen LogP contribution in [-0.4, -0.2) is 25.6 Å². The highest BCUT2D eigenvalue weighted by molar-refractivity contribution is 7.19. The second-order valence-corrected chi connectivity index (χ2v) is 7.18. The number of rotatable bonds is 7. The van der Waals surface area contributed by atoms with Crippen LogP contribution >= 0.6 is 11.3 Å². The van der Waals surface area contributed by atoms with Gasteiger partial charge in [0.2, 0.25) is 0 Å². The fourth-order valence-electron chi connectivity index (χ4n) is 2.49. The van der Waals surface area contributed by atoms with Crippen LogP contribution in [0.1, 0.15) is 48.7 Å². The zero-order chi connectivity index (χ0) is 15.0. The van der Waals surface area contributed by atoms with Crippen molar-refractivity contribution < 1.29 is 9.53 Å². The van der Waals surface area contributed by atoms with Gasteiger partial charge in [-0.05, 0) is 37.5 Å². The van der Waals surface area contributed by atoms with E-state index < -0.39 is 0 Å².